The van der Waals surface area contributed by atoms with Crippen LogP contribution >= 0.6 is 31.7 Å². The van der Waals surface area contributed by atoms with E-state index in [9.17, 15) is 9.90 Å². The van der Waals surface area contributed by atoms with Crippen LogP contribution in [-0.2, 0) is 26.0 Å². The molecule has 1 saturated carbocycles. The monoisotopic (exact) mass is 1610 g/mol. The van der Waals surface area contributed by atoms with Gasteiger partial charge in [0.25, 0.3) is 0 Å². The topological polar surface area (TPSA) is 117 Å². The number of nitrogens with one attached hydrogen (secondary N) is 2. The number of fused-ring (bicyclic) bond motifs is 1. The first kappa shape index (κ1) is 77.7. The number of aromatic amines is 1. The fraction of sp³-hybridized carbons (Fsp3) is 0.0408. The van der Waals surface area contributed by atoms with Crippen molar-refractivity contribution >= 4 is 113 Å². The maximum Gasteiger partial charge on any atom is 0.405 e. The van der Waals surface area contributed by atoms with Gasteiger partial charge in [0.1, 0.15) is 11.3 Å². The quantitative estimate of drug-likeness (QED) is 0.0618. The molecule has 546 valence electrons. The summed E-state index contributed by atoms with van der Waals surface area (Å²) in [7, 11) is -1.78. The summed E-state index contributed by atoms with van der Waals surface area (Å²) >= 11 is 0. The van der Waals surface area contributed by atoms with Gasteiger partial charge in [-0.25, -0.2) is 14.8 Å². The van der Waals surface area contributed by atoms with Crippen LogP contribution in [0.25, 0.3) is 44.9 Å². The smallest absolute Gasteiger partial charge is 0.405 e. The van der Waals surface area contributed by atoms with Gasteiger partial charge in [-0.3, -0.25) is 5.10 Å². The largest absolute Gasteiger partial charge is 0.465 e. The summed E-state index contributed by atoms with van der Waals surface area (Å²) in [5, 5.41) is 35.6. The fourth-order valence-electron chi connectivity index (χ4n) is 13.4. The first-order valence-corrected chi connectivity index (χ1v) is 42.1. The molecule has 14 aromatic carbocycles. The van der Waals surface area contributed by atoms with Crippen LogP contribution in [0.5, 0.6) is 0 Å². The minimum Gasteiger partial charge on any atom is -0.465 e. The van der Waals surface area contributed by atoms with Crippen molar-refractivity contribution in [2.24, 2.45) is 0 Å². The van der Waals surface area contributed by atoms with Crippen molar-refractivity contribution < 1.29 is 34.7 Å². The third-order valence-electron chi connectivity index (χ3n) is 18.7. The van der Waals surface area contributed by atoms with E-state index in [1.54, 1.807) is 18.6 Å². The Hall–Kier alpha value is -11.4. The number of furan rings is 1. The number of nitrogens with zero attached hydrogens (tertiary/aromatic N) is 3. The number of benzene rings is 14. The average Bonchev–Trinajstić information content (AvgIpc) is 1.66. The van der Waals surface area contributed by atoms with Crippen LogP contribution in [-0.4, -0.2) is 31.4 Å². The zero-order chi connectivity index (χ0) is 74.8. The van der Waals surface area contributed by atoms with E-state index < -0.39 is 43.3 Å². The Morgan fingerprint density at radius 2 is 0.613 bits per heavy atom. The van der Waals surface area contributed by atoms with Crippen molar-refractivity contribution in [1.29, 1.82) is 0 Å². The Kier molecular flexibility index (Phi) is 27.9. The van der Waals surface area contributed by atoms with Crippen LogP contribution in [0.15, 0.2) is 442 Å². The molecular weight excluding hydrogens is 1530 g/mol. The molecule has 0 atom stereocenters. The van der Waals surface area contributed by atoms with Gasteiger partial charge in [-0.15, -0.1) is 0 Å². The van der Waals surface area contributed by atoms with E-state index in [0.717, 1.165) is 47.1 Å². The van der Waals surface area contributed by atoms with Crippen molar-refractivity contribution in [2.75, 3.05) is 0 Å². The number of aromatic nitrogens is 4. The summed E-state index contributed by atoms with van der Waals surface area (Å²) in [5.41, 5.74) is 5.83. The maximum atomic E-state index is 11.3. The number of amides is 1. The molecule has 8 nitrogen and oxygen atoms in total. The van der Waals surface area contributed by atoms with Crippen LogP contribution in [0.1, 0.15) is 24.8 Å². The molecule has 1 amide bonds. The maximum absolute atomic E-state index is 11.3. The second-order valence-electron chi connectivity index (χ2n) is 25.9. The number of H-pyrrole nitrogens is 1. The summed E-state index contributed by atoms with van der Waals surface area (Å²) in [6.45, 7) is 0. The van der Waals surface area contributed by atoms with Gasteiger partial charge in [-0.1, -0.05) is 419 Å². The van der Waals surface area contributed by atoms with Gasteiger partial charge in [0, 0.05) is 37.7 Å². The van der Waals surface area contributed by atoms with E-state index >= 15 is 0 Å². The zero-order valence-corrected chi connectivity index (χ0v) is 66.0. The normalized spacial score (nSPS) is 11.7. The molecule has 1 fully saturated rings. The van der Waals surface area contributed by atoms with Crippen LogP contribution in [0, 0.1) is 0 Å². The molecule has 0 unspecified atom stereocenters. The Bertz CT molecular complexity index is 4700. The molecule has 0 radical (unpaired) electrons. The number of carbonyl (C=O) groups is 1. The molecule has 1 aliphatic carbocycles. The van der Waals surface area contributed by atoms with Crippen molar-refractivity contribution in [2.45, 2.75) is 24.8 Å². The van der Waals surface area contributed by atoms with Crippen LogP contribution < -0.4 is 69.0 Å². The summed E-state index contributed by atoms with van der Waals surface area (Å²) in [5.74, 6) is 0.672. The number of carboxylic acid groups (broad SMARTS) is 1. The Labute approximate surface area is 669 Å². The van der Waals surface area contributed by atoms with Crippen molar-refractivity contribution in [3.05, 3.63) is 443 Å². The first-order valence-electron chi connectivity index (χ1n) is 36.7. The standard InChI is InChI=1S/C26H21N5O3.4C18H15P.Pd/c32-25(33)31-26(11-4-12-26)19-9-7-17(8-10-19)23-21(16-5-2-1-3-6-16)22-24(34-23)27-15-20(30-22)18-13-28-29-14-18;4*1-4-10-16(11-5-1)19(17-12-6-2-7-13-17)18-14-8-3-9-15-18;/h1-3,5-10,13-15,31H,4,11-12H2,(H,28,29)(H,32,33);4*1-15H;. The van der Waals surface area contributed by atoms with Gasteiger partial charge in [-0.2, -0.15) is 5.10 Å². The third-order valence-corrected chi connectivity index (χ3v) is 28.5. The Morgan fingerprint density at radius 1 is 0.342 bits per heavy atom. The van der Waals surface area contributed by atoms with Gasteiger partial charge >= 0.3 is 6.09 Å². The molecule has 17 aromatic rings. The summed E-state index contributed by atoms with van der Waals surface area (Å²) in [6, 6.07) is 147. The van der Waals surface area contributed by atoms with Gasteiger partial charge in [0.05, 0.1) is 29.2 Å². The molecule has 3 N–H and O–H groups in total. The minimum atomic E-state index is -1.00. The molecule has 0 bridgehead atoms. The first-order chi connectivity index (χ1) is 54.4. The van der Waals surface area contributed by atoms with Crippen molar-refractivity contribution in [1.82, 2.24) is 25.5 Å². The van der Waals surface area contributed by atoms with E-state index in [4.69, 9.17) is 9.40 Å². The predicted molar refractivity (Wildman–Crippen MR) is 468 cm³/mol. The second kappa shape index (κ2) is 39.8. The molecule has 0 aliphatic heterocycles. The second-order valence-corrected chi connectivity index (χ2v) is 34.8. The predicted octanol–water partition coefficient (Wildman–Crippen LogP) is 19.4. The van der Waals surface area contributed by atoms with E-state index in [1.165, 1.54) is 63.7 Å². The zero-order valence-electron chi connectivity index (χ0n) is 60.9. The number of hydrogen-bond acceptors (Lipinski definition) is 5. The van der Waals surface area contributed by atoms with Gasteiger partial charge < -0.3 is 14.8 Å². The van der Waals surface area contributed by atoms with E-state index in [-0.39, 0.29) is 20.4 Å². The number of hydrogen-bond donors (Lipinski definition) is 3. The fourth-order valence-corrected chi connectivity index (χ4v) is 22.6. The van der Waals surface area contributed by atoms with Crippen molar-refractivity contribution in [3.8, 4) is 33.7 Å². The summed E-state index contributed by atoms with van der Waals surface area (Å²) < 4.78 is 6.24. The molecular formula is C98H81N5O3P4Pd. The molecule has 1 aliphatic rings. The van der Waals surface area contributed by atoms with Crippen molar-refractivity contribution in [3.63, 3.8) is 0 Å². The Balaban J connectivity index is 0.000000125. The van der Waals surface area contributed by atoms with Gasteiger partial charge in [-0.05, 0) is 126 Å². The van der Waals surface area contributed by atoms with Gasteiger partial charge in [0.15, 0.2) is 0 Å². The molecule has 0 spiro atoms. The van der Waals surface area contributed by atoms with E-state index in [0.29, 0.717) is 22.7 Å². The van der Waals surface area contributed by atoms with Gasteiger partial charge in [0.2, 0.25) is 5.71 Å². The summed E-state index contributed by atoms with van der Waals surface area (Å²) in [4.78, 5) is 20.7. The van der Waals surface area contributed by atoms with Crippen LogP contribution in [0.2, 0.25) is 0 Å². The molecule has 18 rings (SSSR count). The number of rotatable bonds is 17. The molecule has 111 heavy (non-hydrogen) atoms. The molecule has 13 heteroatoms. The van der Waals surface area contributed by atoms with Crippen LogP contribution in [0.4, 0.5) is 4.79 Å². The van der Waals surface area contributed by atoms with E-state index in [2.05, 4.69) is 384 Å². The minimum absolute atomic E-state index is 0. The molecule has 3 aromatic heterocycles. The van der Waals surface area contributed by atoms with E-state index in [1.807, 2.05) is 54.6 Å². The summed E-state index contributed by atoms with van der Waals surface area (Å²) in [6.07, 6.45) is 6.75. The Morgan fingerprint density at radius 3 is 0.847 bits per heavy atom. The SMILES string of the molecule is O=C(O)NC1(c2ccc(-c3oc4ncc(-c5cn[nH]c5)nc4c3-c3ccccc3)cc2)CCC1.[Pd].c1ccc(P(c2ccccc2)c2ccccc2)cc1.c1ccc(P(c2ccccc2)c2ccccc2)cc1.c1ccc(P(c2ccccc2)c2ccccc2)cc1.c1ccc(P(c2ccccc2)c2ccccc2)cc1. The third kappa shape index (κ3) is 20.2. The van der Waals surface area contributed by atoms with Crippen LogP contribution in [0.3, 0.4) is 0 Å². The molecule has 0 saturated heterocycles. The molecule has 3 heterocycles. The average molecular weight is 1610 g/mol.